The van der Waals surface area contributed by atoms with E-state index < -0.39 is 0 Å². The van der Waals surface area contributed by atoms with E-state index in [1.165, 1.54) is 47.4 Å². The maximum atomic E-state index is 9.93. The summed E-state index contributed by atoms with van der Waals surface area (Å²) in [5, 5.41) is 9.93. The Kier molecular flexibility index (Phi) is 1.74. The number of hydrogen-bond donors (Lipinski definition) is 1. The van der Waals surface area contributed by atoms with Crippen molar-refractivity contribution < 1.29 is 5.11 Å². The number of thiophene rings is 1. The topological polar surface area (TPSA) is 20.2 Å². The largest absolute Gasteiger partial charge is 0.387 e. The first-order valence-corrected chi connectivity index (χ1v) is 5.96. The minimum atomic E-state index is -0.143. The molecule has 1 N–H and O–H groups in total. The second-order valence-corrected chi connectivity index (χ2v) is 5.40. The molecule has 1 unspecified atom stereocenters. The summed E-state index contributed by atoms with van der Waals surface area (Å²) in [4.78, 5) is 2.77. The summed E-state index contributed by atoms with van der Waals surface area (Å²) in [7, 11) is 0. The van der Waals surface area contributed by atoms with Crippen molar-refractivity contribution in [2.24, 2.45) is 5.92 Å². The first-order chi connectivity index (χ1) is 6.34. The number of aliphatic hydroxyl groups excluding tert-OH is 1. The molecule has 1 heterocycles. The molecule has 2 aliphatic carbocycles. The molecule has 0 bridgehead atoms. The molecule has 0 saturated heterocycles. The zero-order valence-corrected chi connectivity index (χ0v) is 8.44. The van der Waals surface area contributed by atoms with Gasteiger partial charge in [-0.1, -0.05) is 0 Å². The molecule has 1 aromatic rings. The average Bonchev–Trinajstić information content (AvgIpc) is 2.73. The van der Waals surface area contributed by atoms with E-state index in [0.29, 0.717) is 5.92 Å². The van der Waals surface area contributed by atoms with Crippen molar-refractivity contribution >= 4 is 11.3 Å². The van der Waals surface area contributed by atoms with Gasteiger partial charge < -0.3 is 5.11 Å². The van der Waals surface area contributed by atoms with E-state index in [2.05, 4.69) is 6.07 Å². The molecule has 0 aromatic carbocycles. The third-order valence-electron chi connectivity index (χ3n) is 3.13. The number of aryl methyl sites for hydroxylation is 2. The zero-order chi connectivity index (χ0) is 8.84. The highest BCUT2D eigenvalue weighted by molar-refractivity contribution is 7.12. The van der Waals surface area contributed by atoms with Crippen LogP contribution in [0, 0.1) is 5.92 Å². The number of rotatable bonds is 2. The lowest BCUT2D eigenvalue weighted by molar-refractivity contribution is 0.157. The zero-order valence-electron chi connectivity index (χ0n) is 7.62. The third-order valence-corrected chi connectivity index (χ3v) is 4.43. The van der Waals surface area contributed by atoms with E-state index >= 15 is 0 Å². The van der Waals surface area contributed by atoms with Gasteiger partial charge in [0.1, 0.15) is 0 Å². The van der Waals surface area contributed by atoms with Crippen molar-refractivity contribution in [2.75, 3.05) is 0 Å². The van der Waals surface area contributed by atoms with Crippen LogP contribution in [-0.4, -0.2) is 5.11 Å². The van der Waals surface area contributed by atoms with E-state index in [1.807, 2.05) is 11.3 Å². The van der Waals surface area contributed by atoms with Crippen molar-refractivity contribution in [1.29, 1.82) is 0 Å². The first kappa shape index (κ1) is 8.01. The van der Waals surface area contributed by atoms with Gasteiger partial charge in [0.05, 0.1) is 6.10 Å². The second-order valence-electron chi connectivity index (χ2n) is 4.23. The lowest BCUT2D eigenvalue weighted by Gasteiger charge is -2.04. The lowest BCUT2D eigenvalue weighted by Crippen LogP contribution is -1.95. The summed E-state index contributed by atoms with van der Waals surface area (Å²) < 4.78 is 0. The first-order valence-electron chi connectivity index (χ1n) is 5.14. The van der Waals surface area contributed by atoms with Crippen LogP contribution in [-0.2, 0) is 12.8 Å². The fraction of sp³-hybridized carbons (Fsp3) is 0.636. The molecule has 1 fully saturated rings. The van der Waals surface area contributed by atoms with Gasteiger partial charge in [-0.05, 0) is 49.7 Å². The van der Waals surface area contributed by atoms with Gasteiger partial charge in [0.2, 0.25) is 0 Å². The Morgan fingerprint density at radius 1 is 1.38 bits per heavy atom. The molecule has 0 spiro atoms. The molecule has 1 nitrogen and oxygen atoms in total. The molecule has 0 radical (unpaired) electrons. The van der Waals surface area contributed by atoms with Crippen LogP contribution in [0.15, 0.2) is 6.07 Å². The molecular weight excluding hydrogens is 180 g/mol. The predicted molar refractivity (Wildman–Crippen MR) is 54.0 cm³/mol. The van der Waals surface area contributed by atoms with E-state index in [4.69, 9.17) is 0 Å². The van der Waals surface area contributed by atoms with Gasteiger partial charge in [-0.3, -0.25) is 0 Å². The third kappa shape index (κ3) is 1.32. The Labute approximate surface area is 82.4 Å². The Balaban J connectivity index is 1.88. The molecule has 2 aliphatic rings. The monoisotopic (exact) mass is 194 g/mol. The lowest BCUT2D eigenvalue weighted by atomic mass is 10.1. The molecule has 0 aliphatic heterocycles. The van der Waals surface area contributed by atoms with Gasteiger partial charge in [-0.25, -0.2) is 0 Å². The molecule has 2 heteroatoms. The maximum absolute atomic E-state index is 9.93. The highest BCUT2D eigenvalue weighted by atomic mass is 32.1. The van der Waals surface area contributed by atoms with Gasteiger partial charge in [0.25, 0.3) is 0 Å². The van der Waals surface area contributed by atoms with Crippen LogP contribution >= 0.6 is 11.3 Å². The SMILES string of the molecule is OC(c1cc2c(s1)CCC2)C1CC1. The van der Waals surface area contributed by atoms with E-state index in [9.17, 15) is 5.11 Å². The highest BCUT2D eigenvalue weighted by Crippen LogP contribution is 2.44. The molecule has 1 saturated carbocycles. The summed E-state index contributed by atoms with van der Waals surface area (Å²) in [6, 6.07) is 2.25. The van der Waals surface area contributed by atoms with Gasteiger partial charge in [0.15, 0.2) is 0 Å². The second kappa shape index (κ2) is 2.82. The van der Waals surface area contributed by atoms with Crippen molar-refractivity contribution in [3.05, 3.63) is 21.4 Å². The smallest absolute Gasteiger partial charge is 0.0910 e. The van der Waals surface area contributed by atoms with Gasteiger partial charge >= 0.3 is 0 Å². The van der Waals surface area contributed by atoms with Crippen molar-refractivity contribution in [3.8, 4) is 0 Å². The van der Waals surface area contributed by atoms with Crippen LogP contribution in [0.1, 0.15) is 40.7 Å². The minimum Gasteiger partial charge on any atom is -0.387 e. The van der Waals surface area contributed by atoms with Crippen LogP contribution in [0.2, 0.25) is 0 Å². The summed E-state index contributed by atoms with van der Waals surface area (Å²) in [5.74, 6) is 0.582. The molecule has 70 valence electrons. The minimum absolute atomic E-state index is 0.143. The summed E-state index contributed by atoms with van der Waals surface area (Å²) >= 11 is 1.85. The van der Waals surface area contributed by atoms with Gasteiger partial charge in [0, 0.05) is 9.75 Å². The predicted octanol–water partition coefficient (Wildman–Crippen LogP) is 2.68. The normalized spacial score (nSPS) is 23.2. The average molecular weight is 194 g/mol. The van der Waals surface area contributed by atoms with Crippen LogP contribution < -0.4 is 0 Å². The quantitative estimate of drug-likeness (QED) is 0.767. The summed E-state index contributed by atoms with van der Waals surface area (Å²) in [6.45, 7) is 0. The Hall–Kier alpha value is -0.340. The van der Waals surface area contributed by atoms with E-state index in [1.54, 1.807) is 0 Å². The van der Waals surface area contributed by atoms with E-state index in [0.717, 1.165) is 0 Å². The molecule has 3 rings (SSSR count). The van der Waals surface area contributed by atoms with Crippen molar-refractivity contribution in [1.82, 2.24) is 0 Å². The van der Waals surface area contributed by atoms with E-state index in [-0.39, 0.29) is 6.10 Å². The van der Waals surface area contributed by atoms with Crippen LogP contribution in [0.5, 0.6) is 0 Å². The van der Waals surface area contributed by atoms with Crippen molar-refractivity contribution in [3.63, 3.8) is 0 Å². The Bertz CT molecular complexity index is 303. The van der Waals surface area contributed by atoms with Crippen LogP contribution in [0.3, 0.4) is 0 Å². The maximum Gasteiger partial charge on any atom is 0.0910 e. The Morgan fingerprint density at radius 2 is 2.23 bits per heavy atom. The molecule has 1 atom stereocenters. The fourth-order valence-electron chi connectivity index (χ4n) is 2.14. The molecular formula is C11H14OS. The Morgan fingerprint density at radius 3 is 2.92 bits per heavy atom. The summed E-state index contributed by atoms with van der Waals surface area (Å²) in [6.07, 6.45) is 6.12. The highest BCUT2D eigenvalue weighted by Gasteiger charge is 2.32. The molecule has 13 heavy (non-hydrogen) atoms. The van der Waals surface area contributed by atoms with Gasteiger partial charge in [-0.15, -0.1) is 11.3 Å². The standard InChI is InChI=1S/C11H14OS/c12-11(7-4-5-7)10-6-8-2-1-3-9(8)13-10/h6-7,11-12H,1-5H2. The fourth-order valence-corrected chi connectivity index (χ4v) is 3.48. The number of fused-ring (bicyclic) bond motifs is 1. The number of aliphatic hydroxyl groups is 1. The summed E-state index contributed by atoms with van der Waals surface area (Å²) in [5.41, 5.74) is 1.51. The van der Waals surface area contributed by atoms with Crippen molar-refractivity contribution in [2.45, 2.75) is 38.2 Å². The van der Waals surface area contributed by atoms with Crippen LogP contribution in [0.25, 0.3) is 0 Å². The molecule has 0 amide bonds. The number of hydrogen-bond acceptors (Lipinski definition) is 2. The van der Waals surface area contributed by atoms with Gasteiger partial charge in [-0.2, -0.15) is 0 Å². The van der Waals surface area contributed by atoms with Crippen LogP contribution in [0.4, 0.5) is 0 Å². The molecule has 1 aromatic heterocycles.